The summed E-state index contributed by atoms with van der Waals surface area (Å²) in [6, 6.07) is 12.3. The number of amides is 2. The number of carbonyl (C=O) groups excluding carboxylic acids is 2. The molecule has 0 saturated carbocycles. The van der Waals surface area contributed by atoms with E-state index in [1.165, 1.54) is 10.9 Å². The van der Waals surface area contributed by atoms with E-state index in [1.54, 1.807) is 52.3 Å². The van der Waals surface area contributed by atoms with Crippen molar-refractivity contribution in [3.05, 3.63) is 87.5 Å². The van der Waals surface area contributed by atoms with E-state index in [4.69, 9.17) is 34.8 Å². The topological polar surface area (TPSA) is 85.1 Å². The zero-order valence-corrected chi connectivity index (χ0v) is 22.1. The molecule has 0 aliphatic carbocycles. The van der Waals surface area contributed by atoms with Crippen molar-refractivity contribution >= 4 is 46.7 Å². The maximum atomic E-state index is 13.4. The van der Waals surface area contributed by atoms with Crippen LogP contribution in [0.15, 0.2) is 61.2 Å². The Hall–Kier alpha value is -3.33. The molecule has 37 heavy (non-hydrogen) atoms. The number of hydrogen-bond donors (Lipinski definition) is 1. The van der Waals surface area contributed by atoms with Crippen LogP contribution in [0.5, 0.6) is 0 Å². The Bertz CT molecular complexity index is 1440. The summed E-state index contributed by atoms with van der Waals surface area (Å²) < 4.78 is 3.12. The number of aromatic nitrogens is 4. The molecule has 0 radical (unpaired) electrons. The summed E-state index contributed by atoms with van der Waals surface area (Å²) in [7, 11) is 0. The molecule has 1 aliphatic rings. The molecule has 0 spiro atoms. The van der Waals surface area contributed by atoms with Crippen molar-refractivity contribution in [1.29, 1.82) is 0 Å². The van der Waals surface area contributed by atoms with Crippen LogP contribution in [0.25, 0.3) is 16.9 Å². The second-order valence-corrected chi connectivity index (χ2v) is 10.1. The summed E-state index contributed by atoms with van der Waals surface area (Å²) in [5.74, 6) is -0.282. The highest BCUT2D eigenvalue weighted by Crippen LogP contribution is 2.33. The highest BCUT2D eigenvalue weighted by molar-refractivity contribution is 6.35. The third-order valence-corrected chi connectivity index (χ3v) is 7.21. The minimum absolute atomic E-state index is 0.0815. The minimum atomic E-state index is -0.282. The predicted octanol–water partition coefficient (Wildman–Crippen LogP) is 5.87. The summed E-state index contributed by atoms with van der Waals surface area (Å²) in [4.78, 5) is 31.6. The molecule has 1 aliphatic heterocycles. The van der Waals surface area contributed by atoms with Gasteiger partial charge in [0.2, 0.25) is 0 Å². The molecule has 2 aromatic heterocycles. The van der Waals surface area contributed by atoms with Gasteiger partial charge in [-0.3, -0.25) is 9.36 Å². The highest BCUT2D eigenvalue weighted by Gasteiger charge is 2.28. The van der Waals surface area contributed by atoms with Gasteiger partial charge in [0.25, 0.3) is 5.91 Å². The van der Waals surface area contributed by atoms with Gasteiger partial charge in [-0.1, -0.05) is 46.9 Å². The molecular formula is C26H23Cl3N6O2. The van der Waals surface area contributed by atoms with Gasteiger partial charge in [0, 0.05) is 52.7 Å². The van der Waals surface area contributed by atoms with Crippen LogP contribution in [-0.4, -0.2) is 55.3 Å². The van der Waals surface area contributed by atoms with Crippen molar-refractivity contribution in [3.8, 4) is 16.9 Å². The third-order valence-electron chi connectivity index (χ3n) is 6.42. The summed E-state index contributed by atoms with van der Waals surface area (Å²) in [5.41, 5.74) is 3.17. The Labute approximate surface area is 228 Å². The second kappa shape index (κ2) is 10.6. The smallest absolute Gasteiger partial charge is 0.329 e. The fourth-order valence-corrected chi connectivity index (χ4v) is 5.10. The van der Waals surface area contributed by atoms with Crippen molar-refractivity contribution in [3.63, 3.8) is 0 Å². The van der Waals surface area contributed by atoms with Gasteiger partial charge in [0.1, 0.15) is 6.33 Å². The molecule has 4 aromatic rings. The van der Waals surface area contributed by atoms with E-state index < -0.39 is 0 Å². The molecule has 0 atom stereocenters. The highest BCUT2D eigenvalue weighted by atomic mass is 35.5. The second-order valence-electron chi connectivity index (χ2n) is 8.82. The number of piperidine rings is 1. The van der Waals surface area contributed by atoms with Crippen molar-refractivity contribution in [2.75, 3.05) is 13.1 Å². The Balaban J connectivity index is 1.39. The standard InChI is InChI=1S/C26H23Cl3N6O2/c1-16-23(25(36)31-20-8-11-33(12-9-20)26(37)34-13-10-30-15-34)32-35(22-7-6-19(28)14-21(22)29)24(16)17-2-4-18(27)5-3-17/h2-7,10,13-15,20H,8-9,11-12H2,1H3,(H,31,36). The van der Waals surface area contributed by atoms with Gasteiger partial charge in [-0.05, 0) is 50.1 Å². The lowest BCUT2D eigenvalue weighted by molar-refractivity contribution is 0.0912. The lowest BCUT2D eigenvalue weighted by Gasteiger charge is -2.32. The molecule has 11 heteroatoms. The van der Waals surface area contributed by atoms with E-state index in [1.807, 2.05) is 19.1 Å². The largest absolute Gasteiger partial charge is 0.348 e. The maximum Gasteiger partial charge on any atom is 0.329 e. The molecule has 2 aromatic carbocycles. The number of likely N-dealkylation sites (tertiary alicyclic amines) is 1. The first kappa shape index (κ1) is 25.3. The van der Waals surface area contributed by atoms with Crippen molar-refractivity contribution in [1.82, 2.24) is 29.5 Å². The van der Waals surface area contributed by atoms with E-state index in [2.05, 4.69) is 15.4 Å². The summed E-state index contributed by atoms with van der Waals surface area (Å²) in [6.07, 6.45) is 5.96. The number of carbonyl (C=O) groups is 2. The van der Waals surface area contributed by atoms with E-state index >= 15 is 0 Å². The molecule has 2 amide bonds. The number of hydrogen-bond acceptors (Lipinski definition) is 4. The van der Waals surface area contributed by atoms with Crippen LogP contribution in [0, 0.1) is 6.92 Å². The van der Waals surface area contributed by atoms with Gasteiger partial charge >= 0.3 is 6.03 Å². The SMILES string of the molecule is Cc1c(C(=O)NC2CCN(C(=O)n3ccnc3)CC2)nn(-c2ccc(Cl)cc2Cl)c1-c1ccc(Cl)cc1. The Morgan fingerprint density at radius 1 is 1.00 bits per heavy atom. The first-order valence-electron chi connectivity index (χ1n) is 11.7. The van der Waals surface area contributed by atoms with Crippen LogP contribution in [0.1, 0.15) is 28.9 Å². The van der Waals surface area contributed by atoms with E-state index in [0.29, 0.717) is 57.9 Å². The van der Waals surface area contributed by atoms with E-state index in [9.17, 15) is 9.59 Å². The fourth-order valence-electron chi connectivity index (χ4n) is 4.49. The molecule has 190 valence electrons. The van der Waals surface area contributed by atoms with Gasteiger partial charge in [-0.2, -0.15) is 5.10 Å². The molecule has 3 heterocycles. The van der Waals surface area contributed by atoms with Crippen molar-refractivity contribution < 1.29 is 9.59 Å². The van der Waals surface area contributed by atoms with Gasteiger partial charge in [-0.15, -0.1) is 0 Å². The average Bonchev–Trinajstić information content (AvgIpc) is 3.53. The normalized spacial score (nSPS) is 14.1. The molecule has 0 bridgehead atoms. The average molecular weight is 558 g/mol. The number of imidazole rings is 1. The lowest BCUT2D eigenvalue weighted by atomic mass is 10.0. The summed E-state index contributed by atoms with van der Waals surface area (Å²) in [5, 5.41) is 9.30. The Morgan fingerprint density at radius 3 is 2.35 bits per heavy atom. The van der Waals surface area contributed by atoms with E-state index in [-0.39, 0.29) is 18.0 Å². The van der Waals surface area contributed by atoms with Crippen LogP contribution in [0.4, 0.5) is 4.79 Å². The predicted molar refractivity (Wildman–Crippen MR) is 144 cm³/mol. The van der Waals surface area contributed by atoms with Gasteiger partial charge in [0.05, 0.1) is 16.4 Å². The van der Waals surface area contributed by atoms with Gasteiger partial charge < -0.3 is 10.2 Å². The fraction of sp³-hybridized carbons (Fsp3) is 0.231. The van der Waals surface area contributed by atoms with Crippen LogP contribution in [0.3, 0.4) is 0 Å². The number of rotatable bonds is 4. The molecule has 1 fully saturated rings. The van der Waals surface area contributed by atoms with Crippen molar-refractivity contribution in [2.45, 2.75) is 25.8 Å². The summed E-state index contributed by atoms with van der Waals surface area (Å²) in [6.45, 7) is 2.93. The summed E-state index contributed by atoms with van der Waals surface area (Å²) >= 11 is 18.7. The molecule has 1 N–H and O–H groups in total. The zero-order valence-electron chi connectivity index (χ0n) is 19.9. The minimum Gasteiger partial charge on any atom is -0.348 e. The zero-order chi connectivity index (χ0) is 26.1. The quantitative estimate of drug-likeness (QED) is 0.340. The van der Waals surface area contributed by atoms with Crippen LogP contribution in [0.2, 0.25) is 15.1 Å². The number of nitrogens with zero attached hydrogens (tertiary/aromatic N) is 5. The first-order valence-corrected chi connectivity index (χ1v) is 12.8. The molecule has 1 saturated heterocycles. The van der Waals surface area contributed by atoms with Crippen LogP contribution in [-0.2, 0) is 0 Å². The van der Waals surface area contributed by atoms with Gasteiger partial charge in [0.15, 0.2) is 5.69 Å². The van der Waals surface area contributed by atoms with E-state index in [0.717, 1.165) is 11.3 Å². The first-order chi connectivity index (χ1) is 17.8. The van der Waals surface area contributed by atoms with Gasteiger partial charge in [-0.25, -0.2) is 14.5 Å². The van der Waals surface area contributed by atoms with Crippen molar-refractivity contribution in [2.24, 2.45) is 0 Å². The lowest BCUT2D eigenvalue weighted by Crippen LogP contribution is -2.47. The number of benzene rings is 2. The Morgan fingerprint density at radius 2 is 1.70 bits per heavy atom. The Kier molecular flexibility index (Phi) is 7.24. The molecule has 0 unspecified atom stereocenters. The molecule has 8 nitrogen and oxygen atoms in total. The third kappa shape index (κ3) is 5.23. The van der Waals surface area contributed by atoms with Crippen LogP contribution < -0.4 is 5.32 Å². The number of halogens is 3. The maximum absolute atomic E-state index is 13.4. The van der Waals surface area contributed by atoms with Crippen LogP contribution >= 0.6 is 34.8 Å². The monoisotopic (exact) mass is 556 g/mol. The molecular weight excluding hydrogens is 535 g/mol. The molecule has 5 rings (SSSR count). The number of nitrogens with one attached hydrogen (secondary N) is 1.